The Morgan fingerprint density at radius 3 is 2.58 bits per heavy atom. The van der Waals surface area contributed by atoms with E-state index in [-0.39, 0.29) is 16.9 Å². The Balaban J connectivity index is 0.000000330. The lowest BCUT2D eigenvalue weighted by Crippen LogP contribution is -2.37. The molecule has 1 aromatic heterocycles. The number of aromatic nitrogens is 1. The maximum absolute atomic E-state index is 13.2. The molecular formula is C31H27ClN2O2. The minimum atomic E-state index is -0.178. The summed E-state index contributed by atoms with van der Waals surface area (Å²) in [5, 5.41) is 5.65. The molecule has 2 heterocycles. The summed E-state index contributed by atoms with van der Waals surface area (Å²) in [5.74, 6) is 0.245. The number of Topliss-reactive ketones (excluding diaryl/α,β-unsaturated/α-hetero) is 1. The van der Waals surface area contributed by atoms with Crippen LogP contribution in [-0.4, -0.2) is 17.9 Å². The molecule has 0 radical (unpaired) electrons. The molecule has 2 aliphatic carbocycles. The number of fused-ring (bicyclic) bond motifs is 5. The highest BCUT2D eigenvalue weighted by Crippen LogP contribution is 2.27. The Kier molecular flexibility index (Phi) is 7.15. The molecule has 0 amide bonds. The third kappa shape index (κ3) is 5.05. The molecule has 0 bridgehead atoms. The molecule has 1 atom stereocenters. The molecule has 3 aliphatic rings. The van der Waals surface area contributed by atoms with E-state index < -0.39 is 0 Å². The maximum Gasteiger partial charge on any atom is 0.215 e. The highest BCUT2D eigenvalue weighted by atomic mass is 35.5. The van der Waals surface area contributed by atoms with Gasteiger partial charge in [-0.15, -0.1) is 0 Å². The molecule has 5 heteroatoms. The molecule has 3 aromatic rings. The van der Waals surface area contributed by atoms with Gasteiger partial charge < -0.3 is 10.1 Å². The topological polar surface area (TPSA) is 51.2 Å². The normalized spacial score (nSPS) is 16.4. The number of nitrogens with one attached hydrogen (secondary N) is 1. The average molecular weight is 495 g/mol. The van der Waals surface area contributed by atoms with Gasteiger partial charge in [-0.3, -0.25) is 4.79 Å². The number of benzene rings is 2. The lowest BCUT2D eigenvalue weighted by atomic mass is 9.82. The highest BCUT2D eigenvalue weighted by molar-refractivity contribution is 6.29. The summed E-state index contributed by atoms with van der Waals surface area (Å²) in [5.41, 5.74) is 5.75. The molecular weight excluding hydrogens is 468 g/mol. The molecule has 4 nitrogen and oxygen atoms in total. The van der Waals surface area contributed by atoms with Crippen molar-refractivity contribution in [3.8, 4) is 17.0 Å². The van der Waals surface area contributed by atoms with Crippen molar-refractivity contribution in [1.82, 2.24) is 10.3 Å². The first-order valence-corrected chi connectivity index (χ1v) is 12.4. The number of methoxy groups -OCH3 is 1. The molecule has 0 spiro atoms. The molecule has 180 valence electrons. The van der Waals surface area contributed by atoms with E-state index in [1.165, 1.54) is 39.8 Å². The third-order valence-electron chi connectivity index (χ3n) is 6.62. The van der Waals surface area contributed by atoms with Gasteiger partial charge in [0.05, 0.1) is 7.11 Å². The van der Waals surface area contributed by atoms with E-state index in [4.69, 9.17) is 16.3 Å². The molecule has 0 saturated heterocycles. The van der Waals surface area contributed by atoms with Gasteiger partial charge >= 0.3 is 0 Å². The van der Waals surface area contributed by atoms with Gasteiger partial charge in [-0.25, -0.2) is 4.98 Å². The van der Waals surface area contributed by atoms with Crippen molar-refractivity contribution in [3.63, 3.8) is 0 Å². The summed E-state index contributed by atoms with van der Waals surface area (Å²) in [7, 11) is 1.52. The Bertz CT molecular complexity index is 1500. The number of hydrogen-bond acceptors (Lipinski definition) is 4. The number of carbonyl (C=O) groups is 1. The quantitative estimate of drug-likeness (QED) is 0.404. The van der Waals surface area contributed by atoms with Gasteiger partial charge in [0.15, 0.2) is 5.78 Å². The first kappa shape index (κ1) is 23.8. The third-order valence-corrected chi connectivity index (χ3v) is 6.82. The second kappa shape index (κ2) is 10.8. The number of rotatable bonds is 3. The number of hydrogen-bond donors (Lipinski definition) is 1. The standard InChI is InChI=1S/C25H20ClNO2.C6H7N/c1-29-24-14-18(13-23(26)27-24)25(28)17-7-6-16-9-10-20-19-5-3-2-4-15(19)8-11-21(20)22(16)12-17;1-2-4-6-7-5-3-1/h2-5,9-14,17H,6-8H2,1H3;1-7H. The number of ketones is 1. The fraction of sp³-hybridized carbons (Fsp3) is 0.161. The smallest absolute Gasteiger partial charge is 0.215 e. The molecule has 2 aromatic carbocycles. The number of aryl methyl sites for hydroxylation is 1. The van der Waals surface area contributed by atoms with Gasteiger partial charge in [0, 0.05) is 29.9 Å². The van der Waals surface area contributed by atoms with Crippen molar-refractivity contribution in [3.05, 3.63) is 118 Å². The molecule has 36 heavy (non-hydrogen) atoms. The number of carbonyl (C=O) groups excluding carboxylic acids is 1. The van der Waals surface area contributed by atoms with Crippen molar-refractivity contribution >= 4 is 29.5 Å². The zero-order valence-corrected chi connectivity index (χ0v) is 20.8. The van der Waals surface area contributed by atoms with Crippen molar-refractivity contribution < 1.29 is 9.53 Å². The van der Waals surface area contributed by atoms with E-state index in [1.54, 1.807) is 12.1 Å². The van der Waals surface area contributed by atoms with Crippen LogP contribution in [0.15, 0.2) is 85.2 Å². The predicted molar refractivity (Wildman–Crippen MR) is 146 cm³/mol. The Labute approximate surface area is 216 Å². The summed E-state index contributed by atoms with van der Waals surface area (Å²) in [4.78, 5) is 17.3. The summed E-state index contributed by atoms with van der Waals surface area (Å²) >= 11 is 6.08. The highest BCUT2D eigenvalue weighted by Gasteiger charge is 2.24. The zero-order valence-electron chi connectivity index (χ0n) is 20.1. The average Bonchev–Trinajstić information content (AvgIpc) is 3.25. The van der Waals surface area contributed by atoms with Gasteiger partial charge in [-0.1, -0.05) is 72.3 Å². The first-order chi connectivity index (χ1) is 17.6. The van der Waals surface area contributed by atoms with Crippen LogP contribution in [0.4, 0.5) is 0 Å². The number of pyridine rings is 1. The lowest BCUT2D eigenvalue weighted by Gasteiger charge is -2.21. The minimum Gasteiger partial charge on any atom is -0.481 e. The van der Waals surface area contributed by atoms with E-state index in [0.717, 1.165) is 19.3 Å². The van der Waals surface area contributed by atoms with Crippen LogP contribution in [0.2, 0.25) is 5.15 Å². The van der Waals surface area contributed by atoms with Crippen LogP contribution in [0.5, 0.6) is 5.88 Å². The van der Waals surface area contributed by atoms with Crippen molar-refractivity contribution in [2.45, 2.75) is 19.3 Å². The van der Waals surface area contributed by atoms with E-state index in [2.05, 4.69) is 58.9 Å². The van der Waals surface area contributed by atoms with Gasteiger partial charge in [0.2, 0.25) is 5.88 Å². The van der Waals surface area contributed by atoms with E-state index in [1.807, 2.05) is 36.7 Å². The van der Waals surface area contributed by atoms with E-state index in [0.29, 0.717) is 11.4 Å². The van der Waals surface area contributed by atoms with Crippen LogP contribution >= 0.6 is 11.6 Å². The largest absolute Gasteiger partial charge is 0.481 e. The molecule has 0 fully saturated rings. The molecule has 1 unspecified atom stereocenters. The van der Waals surface area contributed by atoms with Crippen LogP contribution < -0.4 is 20.5 Å². The van der Waals surface area contributed by atoms with Crippen LogP contribution in [0.25, 0.3) is 23.3 Å². The van der Waals surface area contributed by atoms with E-state index in [9.17, 15) is 4.79 Å². The monoisotopic (exact) mass is 494 g/mol. The van der Waals surface area contributed by atoms with Crippen LogP contribution in [-0.2, 0) is 12.8 Å². The molecule has 6 rings (SSSR count). The first-order valence-electron chi connectivity index (χ1n) is 12.1. The summed E-state index contributed by atoms with van der Waals surface area (Å²) in [6, 6.07) is 16.3. The number of nitrogens with zero attached hydrogens (tertiary/aromatic N) is 1. The molecule has 0 saturated carbocycles. The Morgan fingerprint density at radius 1 is 0.972 bits per heavy atom. The fourth-order valence-electron chi connectivity index (χ4n) is 4.87. The predicted octanol–water partition coefficient (Wildman–Crippen LogP) is 5.15. The SMILES string of the molecule is C1=CC=CNC=C1.COc1cc(C(=O)C2C=c3c(ccc4c3=CCc3ccccc3-4)CC2)cc(Cl)n1. The van der Waals surface area contributed by atoms with Crippen molar-refractivity contribution in [1.29, 1.82) is 0 Å². The number of halogens is 1. The van der Waals surface area contributed by atoms with Gasteiger partial charge in [-0.2, -0.15) is 0 Å². The lowest BCUT2D eigenvalue weighted by molar-refractivity contribution is 0.0946. The summed E-state index contributed by atoms with van der Waals surface area (Å²) in [6.45, 7) is 0. The van der Waals surface area contributed by atoms with Gasteiger partial charge in [0.25, 0.3) is 0 Å². The second-order valence-corrected chi connectivity index (χ2v) is 9.22. The van der Waals surface area contributed by atoms with Crippen LogP contribution in [0.3, 0.4) is 0 Å². The van der Waals surface area contributed by atoms with Crippen molar-refractivity contribution in [2.75, 3.05) is 7.11 Å². The van der Waals surface area contributed by atoms with Crippen molar-refractivity contribution in [2.24, 2.45) is 5.92 Å². The van der Waals surface area contributed by atoms with E-state index >= 15 is 0 Å². The second-order valence-electron chi connectivity index (χ2n) is 8.83. The van der Waals surface area contributed by atoms with Crippen LogP contribution in [0.1, 0.15) is 27.9 Å². The zero-order chi connectivity index (χ0) is 24.9. The minimum absolute atomic E-state index is 0.0621. The molecule has 1 N–H and O–H groups in total. The summed E-state index contributed by atoms with van der Waals surface area (Å²) < 4.78 is 5.17. The van der Waals surface area contributed by atoms with Gasteiger partial charge in [0.1, 0.15) is 5.15 Å². The maximum atomic E-state index is 13.2. The summed E-state index contributed by atoms with van der Waals surface area (Å²) in [6.07, 6.45) is 18.6. The Hall–Kier alpha value is -3.89. The fourth-order valence-corrected chi connectivity index (χ4v) is 5.07. The van der Waals surface area contributed by atoms with Crippen LogP contribution in [0, 0.1) is 5.92 Å². The Morgan fingerprint density at radius 2 is 1.78 bits per heavy atom. The van der Waals surface area contributed by atoms with Gasteiger partial charge in [-0.05, 0) is 70.2 Å². The number of allylic oxidation sites excluding steroid dienone is 4. The number of ether oxygens (including phenoxy) is 1. The molecule has 1 aliphatic heterocycles.